The number of piperazine rings is 1. The van der Waals surface area contributed by atoms with E-state index in [0.29, 0.717) is 6.04 Å². The second kappa shape index (κ2) is 5.96. The summed E-state index contributed by atoms with van der Waals surface area (Å²) in [6.45, 7) is 10.9. The molecule has 1 fully saturated rings. The molecule has 3 nitrogen and oxygen atoms in total. The summed E-state index contributed by atoms with van der Waals surface area (Å²) in [5.41, 5.74) is 1.21. The maximum atomic E-state index is 4.47. The van der Waals surface area contributed by atoms with E-state index in [9.17, 15) is 0 Å². The maximum absolute atomic E-state index is 4.47. The Hall–Kier alpha value is -0.160. The van der Waals surface area contributed by atoms with E-state index in [1.54, 1.807) is 0 Å². The van der Waals surface area contributed by atoms with Crippen LogP contribution in [-0.4, -0.2) is 35.6 Å². The first-order chi connectivity index (χ1) is 7.15. The van der Waals surface area contributed by atoms with Crippen LogP contribution in [0.1, 0.15) is 22.5 Å². The van der Waals surface area contributed by atoms with Crippen molar-refractivity contribution >= 4 is 23.7 Å². The van der Waals surface area contributed by atoms with Gasteiger partial charge in [0.25, 0.3) is 0 Å². The van der Waals surface area contributed by atoms with Crippen LogP contribution >= 0.6 is 23.7 Å². The molecule has 1 saturated heterocycles. The third-order valence-electron chi connectivity index (χ3n) is 2.82. The summed E-state index contributed by atoms with van der Waals surface area (Å²) >= 11 is 1.84. The Labute approximate surface area is 108 Å². The highest BCUT2D eigenvalue weighted by molar-refractivity contribution is 7.11. The highest BCUT2D eigenvalue weighted by Crippen LogP contribution is 2.19. The van der Waals surface area contributed by atoms with Gasteiger partial charge in [-0.3, -0.25) is 4.90 Å². The van der Waals surface area contributed by atoms with Gasteiger partial charge in [-0.05, 0) is 20.8 Å². The average molecular weight is 262 g/mol. The van der Waals surface area contributed by atoms with Crippen LogP contribution in [-0.2, 0) is 6.54 Å². The molecule has 0 aromatic carbocycles. The quantitative estimate of drug-likeness (QED) is 0.883. The molecule has 1 N–H and O–H groups in total. The number of nitrogens with zero attached hydrogens (tertiary/aromatic N) is 2. The Morgan fingerprint density at radius 2 is 2.25 bits per heavy atom. The van der Waals surface area contributed by atoms with Crippen LogP contribution in [0.5, 0.6) is 0 Å². The molecular weight excluding hydrogens is 242 g/mol. The van der Waals surface area contributed by atoms with Gasteiger partial charge in [0.05, 0.1) is 10.7 Å². The zero-order valence-corrected chi connectivity index (χ0v) is 11.7. The van der Waals surface area contributed by atoms with Crippen molar-refractivity contribution < 1.29 is 0 Å². The zero-order chi connectivity index (χ0) is 10.8. The van der Waals surface area contributed by atoms with Crippen molar-refractivity contribution in [1.82, 2.24) is 15.2 Å². The van der Waals surface area contributed by atoms with Crippen LogP contribution in [0.4, 0.5) is 0 Å². The van der Waals surface area contributed by atoms with E-state index in [1.165, 1.54) is 15.6 Å². The Balaban J connectivity index is 0.00000128. The van der Waals surface area contributed by atoms with Crippen LogP contribution in [0.25, 0.3) is 0 Å². The summed E-state index contributed by atoms with van der Waals surface area (Å²) in [6, 6.07) is 0.619. The third-order valence-corrected chi connectivity index (χ3v) is 3.88. The predicted octanol–water partition coefficient (Wildman–Crippen LogP) is 1.98. The number of hydrogen-bond acceptors (Lipinski definition) is 4. The second-order valence-electron chi connectivity index (χ2n) is 4.33. The van der Waals surface area contributed by atoms with Gasteiger partial charge in [0.15, 0.2) is 0 Å². The standard InChI is InChI=1S/C11H19N3S.ClH/c1-8-6-14(5-4-12-8)7-11-9(2)13-10(3)15-11;/h8,12H,4-7H2,1-3H3;1H. The fourth-order valence-corrected chi connectivity index (χ4v) is 3.06. The molecule has 0 spiro atoms. The molecule has 5 heteroatoms. The molecule has 1 aliphatic heterocycles. The average Bonchev–Trinajstić information content (AvgIpc) is 2.45. The largest absolute Gasteiger partial charge is 0.312 e. The topological polar surface area (TPSA) is 28.2 Å². The lowest BCUT2D eigenvalue weighted by atomic mass is 10.2. The number of aromatic nitrogens is 1. The number of hydrogen-bond donors (Lipinski definition) is 1. The van der Waals surface area contributed by atoms with Crippen molar-refractivity contribution in [1.29, 1.82) is 0 Å². The molecule has 1 atom stereocenters. The van der Waals surface area contributed by atoms with Gasteiger partial charge in [-0.2, -0.15) is 0 Å². The van der Waals surface area contributed by atoms with E-state index in [2.05, 4.69) is 36.0 Å². The van der Waals surface area contributed by atoms with Gasteiger partial charge in [0.2, 0.25) is 0 Å². The van der Waals surface area contributed by atoms with Crippen LogP contribution in [0, 0.1) is 13.8 Å². The van der Waals surface area contributed by atoms with Gasteiger partial charge >= 0.3 is 0 Å². The highest BCUT2D eigenvalue weighted by atomic mass is 35.5. The molecule has 0 amide bonds. The summed E-state index contributed by atoms with van der Waals surface area (Å²) in [5.74, 6) is 0. The van der Waals surface area contributed by atoms with Crippen molar-refractivity contribution in [2.75, 3.05) is 19.6 Å². The lowest BCUT2D eigenvalue weighted by molar-refractivity contribution is 0.201. The van der Waals surface area contributed by atoms with Crippen molar-refractivity contribution in [2.24, 2.45) is 0 Å². The number of thiazole rings is 1. The molecule has 1 unspecified atom stereocenters. The first-order valence-electron chi connectivity index (χ1n) is 5.54. The fraction of sp³-hybridized carbons (Fsp3) is 0.727. The van der Waals surface area contributed by atoms with Crippen LogP contribution in [0.3, 0.4) is 0 Å². The van der Waals surface area contributed by atoms with Gasteiger partial charge in [-0.25, -0.2) is 4.98 Å². The van der Waals surface area contributed by atoms with Crippen LogP contribution in [0.15, 0.2) is 0 Å². The molecule has 1 aromatic heterocycles. The number of halogens is 1. The van der Waals surface area contributed by atoms with Crippen molar-refractivity contribution in [3.8, 4) is 0 Å². The molecular formula is C11H20ClN3S. The Morgan fingerprint density at radius 3 is 2.81 bits per heavy atom. The first kappa shape index (κ1) is 13.9. The minimum absolute atomic E-state index is 0. The molecule has 0 saturated carbocycles. The van der Waals surface area contributed by atoms with Gasteiger partial charge in [0.1, 0.15) is 0 Å². The van der Waals surface area contributed by atoms with E-state index < -0.39 is 0 Å². The molecule has 1 aromatic rings. The van der Waals surface area contributed by atoms with Gasteiger partial charge < -0.3 is 5.32 Å². The summed E-state index contributed by atoms with van der Waals surface area (Å²) in [7, 11) is 0. The molecule has 2 rings (SSSR count). The lowest BCUT2D eigenvalue weighted by Crippen LogP contribution is -2.48. The van der Waals surface area contributed by atoms with E-state index >= 15 is 0 Å². The Kier molecular flexibility index (Phi) is 5.18. The minimum Gasteiger partial charge on any atom is -0.312 e. The Bertz CT molecular complexity index is 340. The first-order valence-corrected chi connectivity index (χ1v) is 6.35. The summed E-state index contributed by atoms with van der Waals surface area (Å²) in [4.78, 5) is 8.42. The predicted molar refractivity (Wildman–Crippen MR) is 71.6 cm³/mol. The van der Waals surface area contributed by atoms with E-state index in [-0.39, 0.29) is 12.4 Å². The van der Waals surface area contributed by atoms with Gasteiger partial charge in [0, 0.05) is 37.1 Å². The molecule has 92 valence electrons. The van der Waals surface area contributed by atoms with Crippen molar-refractivity contribution in [3.05, 3.63) is 15.6 Å². The van der Waals surface area contributed by atoms with E-state index in [4.69, 9.17) is 0 Å². The van der Waals surface area contributed by atoms with Gasteiger partial charge in [-0.1, -0.05) is 0 Å². The normalized spacial score (nSPS) is 21.8. The van der Waals surface area contributed by atoms with Crippen LogP contribution < -0.4 is 5.32 Å². The van der Waals surface area contributed by atoms with E-state index in [1.807, 2.05) is 11.3 Å². The van der Waals surface area contributed by atoms with Crippen LogP contribution in [0.2, 0.25) is 0 Å². The number of rotatable bonds is 2. The maximum Gasteiger partial charge on any atom is 0.0900 e. The summed E-state index contributed by atoms with van der Waals surface area (Å²) in [6.07, 6.45) is 0. The minimum atomic E-state index is 0. The molecule has 16 heavy (non-hydrogen) atoms. The van der Waals surface area contributed by atoms with Gasteiger partial charge in [-0.15, -0.1) is 23.7 Å². The Morgan fingerprint density at radius 1 is 1.50 bits per heavy atom. The zero-order valence-electron chi connectivity index (χ0n) is 10.1. The molecule has 2 heterocycles. The van der Waals surface area contributed by atoms with E-state index in [0.717, 1.165) is 26.2 Å². The summed E-state index contributed by atoms with van der Waals surface area (Å²) in [5, 5.41) is 4.65. The molecule has 0 radical (unpaired) electrons. The smallest absolute Gasteiger partial charge is 0.0900 e. The highest BCUT2D eigenvalue weighted by Gasteiger charge is 2.17. The monoisotopic (exact) mass is 261 g/mol. The summed E-state index contributed by atoms with van der Waals surface area (Å²) < 4.78 is 0. The molecule has 1 aliphatic rings. The molecule has 0 aliphatic carbocycles. The van der Waals surface area contributed by atoms with Crippen molar-refractivity contribution in [2.45, 2.75) is 33.4 Å². The lowest BCUT2D eigenvalue weighted by Gasteiger charge is -2.31. The molecule has 0 bridgehead atoms. The van der Waals surface area contributed by atoms with Crippen molar-refractivity contribution in [3.63, 3.8) is 0 Å². The second-order valence-corrected chi connectivity index (χ2v) is 5.62. The SMILES string of the molecule is Cc1nc(C)c(CN2CCNC(C)C2)s1.Cl. The number of aryl methyl sites for hydroxylation is 2. The third kappa shape index (κ3) is 3.42. The number of nitrogens with one attached hydrogen (secondary N) is 1. The fourth-order valence-electron chi connectivity index (χ4n) is 2.08.